The summed E-state index contributed by atoms with van der Waals surface area (Å²) >= 11 is 1.48. The molecule has 0 bridgehead atoms. The number of nitrogens with zero attached hydrogens (tertiary/aromatic N) is 2. The quantitative estimate of drug-likeness (QED) is 0.824. The molecule has 14 heavy (non-hydrogen) atoms. The van der Waals surface area contributed by atoms with E-state index in [0.717, 1.165) is 17.1 Å². The third kappa shape index (κ3) is 1.13. The first kappa shape index (κ1) is 9.21. The van der Waals surface area contributed by atoms with Crippen molar-refractivity contribution in [2.45, 2.75) is 20.3 Å². The Hall–Kier alpha value is -1.36. The van der Waals surface area contributed by atoms with E-state index in [1.165, 1.54) is 11.3 Å². The zero-order valence-corrected chi connectivity index (χ0v) is 8.76. The first-order valence-corrected chi connectivity index (χ1v) is 5.21. The van der Waals surface area contributed by atoms with Crippen LogP contribution in [0.5, 0.6) is 0 Å². The lowest BCUT2D eigenvalue weighted by Crippen LogP contribution is -2.05. The molecule has 74 valence electrons. The molecule has 1 N–H and O–H groups in total. The van der Waals surface area contributed by atoms with E-state index in [-0.39, 0.29) is 5.69 Å². The molecule has 0 saturated heterocycles. The number of aromatic nitrogens is 2. The van der Waals surface area contributed by atoms with Crippen LogP contribution < -0.4 is 0 Å². The van der Waals surface area contributed by atoms with Gasteiger partial charge in [-0.1, -0.05) is 6.92 Å². The normalized spacial score (nSPS) is 11.0. The Balaban J connectivity index is 2.82. The number of aromatic carboxylic acids is 1. The summed E-state index contributed by atoms with van der Waals surface area (Å²) in [4.78, 5) is 16.0. The number of imidazole rings is 1. The second-order valence-electron chi connectivity index (χ2n) is 3.05. The summed E-state index contributed by atoms with van der Waals surface area (Å²) in [6.45, 7) is 3.73. The molecule has 4 nitrogen and oxygen atoms in total. The molecule has 2 aromatic rings. The van der Waals surface area contributed by atoms with Crippen molar-refractivity contribution in [3.05, 3.63) is 22.5 Å². The fourth-order valence-electron chi connectivity index (χ4n) is 1.51. The van der Waals surface area contributed by atoms with E-state index in [9.17, 15) is 4.79 Å². The predicted molar refractivity (Wildman–Crippen MR) is 54.1 cm³/mol. The molecular weight excluding hydrogens is 200 g/mol. The van der Waals surface area contributed by atoms with Gasteiger partial charge in [-0.3, -0.25) is 4.40 Å². The number of hydrogen-bond acceptors (Lipinski definition) is 3. The summed E-state index contributed by atoms with van der Waals surface area (Å²) in [6, 6.07) is 0. The maximum atomic E-state index is 11.0. The van der Waals surface area contributed by atoms with Gasteiger partial charge in [-0.15, -0.1) is 11.3 Å². The minimum absolute atomic E-state index is 0.290. The lowest BCUT2D eigenvalue weighted by Gasteiger charge is -1.97. The van der Waals surface area contributed by atoms with Crippen LogP contribution in [0.25, 0.3) is 4.96 Å². The fourth-order valence-corrected chi connectivity index (χ4v) is 2.53. The average Bonchev–Trinajstić information content (AvgIpc) is 2.60. The molecule has 0 aliphatic rings. The molecular formula is C9H10N2O2S. The maximum absolute atomic E-state index is 11.0. The number of carboxylic acid groups (broad SMARTS) is 1. The molecule has 0 fully saturated rings. The highest BCUT2D eigenvalue weighted by molar-refractivity contribution is 7.15. The van der Waals surface area contributed by atoms with E-state index in [4.69, 9.17) is 5.11 Å². The minimum atomic E-state index is -0.914. The van der Waals surface area contributed by atoms with Gasteiger partial charge >= 0.3 is 5.97 Å². The average molecular weight is 210 g/mol. The van der Waals surface area contributed by atoms with E-state index in [1.54, 1.807) is 11.3 Å². The first-order valence-electron chi connectivity index (χ1n) is 4.33. The monoisotopic (exact) mass is 210 g/mol. The molecule has 0 aliphatic heterocycles. The predicted octanol–water partition coefficient (Wildman–Crippen LogP) is 1.96. The summed E-state index contributed by atoms with van der Waals surface area (Å²) in [6.07, 6.45) is 0.816. The Morgan fingerprint density at radius 2 is 2.43 bits per heavy atom. The molecule has 0 unspecified atom stereocenters. The van der Waals surface area contributed by atoms with Gasteiger partial charge in [0, 0.05) is 11.1 Å². The highest BCUT2D eigenvalue weighted by Gasteiger charge is 2.18. The van der Waals surface area contributed by atoms with Crippen molar-refractivity contribution >= 4 is 22.3 Å². The number of carbonyl (C=O) groups is 1. The standard InChI is InChI=1S/C9H10N2O2S/c1-3-6-4-14-9-10-5(2)7(8(12)13)11(6)9/h4H,3H2,1-2H3,(H,12,13). The minimum Gasteiger partial charge on any atom is -0.477 e. The number of rotatable bonds is 2. The number of carboxylic acids is 1. The molecule has 0 amide bonds. The topological polar surface area (TPSA) is 54.6 Å². The van der Waals surface area contributed by atoms with E-state index < -0.39 is 5.97 Å². The van der Waals surface area contributed by atoms with Crippen molar-refractivity contribution in [1.82, 2.24) is 9.38 Å². The van der Waals surface area contributed by atoms with Crippen LogP contribution in [0.4, 0.5) is 0 Å². The van der Waals surface area contributed by atoms with Gasteiger partial charge in [-0.05, 0) is 13.3 Å². The van der Waals surface area contributed by atoms with Crippen LogP contribution in [0.2, 0.25) is 0 Å². The van der Waals surface area contributed by atoms with Gasteiger partial charge in [0.25, 0.3) is 0 Å². The number of fused-ring (bicyclic) bond motifs is 1. The molecule has 5 heteroatoms. The summed E-state index contributed by atoms with van der Waals surface area (Å²) in [5.41, 5.74) is 1.88. The van der Waals surface area contributed by atoms with Crippen LogP contribution >= 0.6 is 11.3 Å². The van der Waals surface area contributed by atoms with Gasteiger partial charge in [0.15, 0.2) is 10.7 Å². The third-order valence-corrected chi connectivity index (χ3v) is 3.05. The van der Waals surface area contributed by atoms with Crippen molar-refractivity contribution in [1.29, 1.82) is 0 Å². The second kappa shape index (κ2) is 3.09. The smallest absolute Gasteiger partial charge is 0.354 e. The highest BCUT2D eigenvalue weighted by atomic mass is 32.1. The molecule has 0 saturated carbocycles. The zero-order chi connectivity index (χ0) is 10.3. The van der Waals surface area contributed by atoms with Crippen LogP contribution in [-0.2, 0) is 6.42 Å². The Morgan fingerprint density at radius 3 is 3.00 bits per heavy atom. The van der Waals surface area contributed by atoms with Crippen LogP contribution in [0, 0.1) is 6.92 Å². The highest BCUT2D eigenvalue weighted by Crippen LogP contribution is 2.21. The van der Waals surface area contributed by atoms with Crippen molar-refractivity contribution < 1.29 is 9.90 Å². The van der Waals surface area contributed by atoms with Crippen molar-refractivity contribution in [2.75, 3.05) is 0 Å². The van der Waals surface area contributed by atoms with Crippen molar-refractivity contribution in [2.24, 2.45) is 0 Å². The number of thiazole rings is 1. The molecule has 0 aromatic carbocycles. The summed E-state index contributed by atoms with van der Waals surface area (Å²) in [7, 11) is 0. The largest absolute Gasteiger partial charge is 0.477 e. The SMILES string of the molecule is CCc1csc2nc(C)c(C(=O)O)n12. The van der Waals surface area contributed by atoms with Crippen molar-refractivity contribution in [3.63, 3.8) is 0 Å². The van der Waals surface area contributed by atoms with E-state index in [1.807, 2.05) is 12.3 Å². The lowest BCUT2D eigenvalue weighted by atomic mass is 10.3. The molecule has 2 rings (SSSR count). The van der Waals surface area contributed by atoms with Gasteiger partial charge in [0.05, 0.1) is 5.69 Å². The van der Waals surface area contributed by atoms with E-state index >= 15 is 0 Å². The van der Waals surface area contributed by atoms with Gasteiger partial charge in [0.1, 0.15) is 0 Å². The van der Waals surface area contributed by atoms with E-state index in [2.05, 4.69) is 4.98 Å². The first-order chi connectivity index (χ1) is 6.65. The lowest BCUT2D eigenvalue weighted by molar-refractivity contribution is 0.0688. The summed E-state index contributed by atoms with van der Waals surface area (Å²) in [5.74, 6) is -0.914. The van der Waals surface area contributed by atoms with Gasteiger partial charge in [-0.2, -0.15) is 0 Å². The second-order valence-corrected chi connectivity index (χ2v) is 3.89. The molecule has 0 atom stereocenters. The Labute approximate surface area is 84.8 Å². The van der Waals surface area contributed by atoms with Crippen LogP contribution in [-0.4, -0.2) is 20.5 Å². The van der Waals surface area contributed by atoms with Gasteiger partial charge in [-0.25, -0.2) is 9.78 Å². The van der Waals surface area contributed by atoms with E-state index in [0.29, 0.717) is 5.69 Å². The zero-order valence-electron chi connectivity index (χ0n) is 7.94. The summed E-state index contributed by atoms with van der Waals surface area (Å²) < 4.78 is 1.72. The van der Waals surface area contributed by atoms with Crippen molar-refractivity contribution in [3.8, 4) is 0 Å². The Morgan fingerprint density at radius 1 is 1.71 bits per heavy atom. The molecule has 0 spiro atoms. The fraction of sp³-hybridized carbons (Fsp3) is 0.333. The van der Waals surface area contributed by atoms with Crippen LogP contribution in [0.3, 0.4) is 0 Å². The number of aryl methyl sites for hydroxylation is 2. The summed E-state index contributed by atoms with van der Waals surface area (Å²) in [5, 5.41) is 11.0. The third-order valence-electron chi connectivity index (χ3n) is 2.17. The Kier molecular flexibility index (Phi) is 2.03. The van der Waals surface area contributed by atoms with Crippen LogP contribution in [0.15, 0.2) is 5.38 Å². The maximum Gasteiger partial charge on any atom is 0.354 e. The van der Waals surface area contributed by atoms with Gasteiger partial charge in [0.2, 0.25) is 0 Å². The molecule has 0 radical (unpaired) electrons. The molecule has 2 aromatic heterocycles. The number of hydrogen-bond donors (Lipinski definition) is 1. The molecule has 0 aliphatic carbocycles. The molecule has 2 heterocycles. The van der Waals surface area contributed by atoms with Gasteiger partial charge < -0.3 is 5.11 Å². The van der Waals surface area contributed by atoms with Crippen LogP contribution in [0.1, 0.15) is 28.8 Å². The Bertz CT molecular complexity index is 498.